The van der Waals surface area contributed by atoms with Gasteiger partial charge in [-0.1, -0.05) is 43.7 Å². The number of fused-ring (bicyclic) bond motifs is 1. The molecule has 2 nitrogen and oxygen atoms in total. The number of hydrogen-bond acceptors (Lipinski definition) is 3. The minimum atomic E-state index is 0.546. The molecule has 0 aliphatic heterocycles. The van der Waals surface area contributed by atoms with E-state index in [1.165, 1.54) is 49.6 Å². The zero-order chi connectivity index (χ0) is 13.1. The van der Waals surface area contributed by atoms with Gasteiger partial charge in [0.05, 0.1) is 20.9 Å². The van der Waals surface area contributed by atoms with Crippen LogP contribution in [0, 0.1) is 0 Å². The Balaban J connectivity index is 1.83. The summed E-state index contributed by atoms with van der Waals surface area (Å²) >= 11 is 8.02. The van der Waals surface area contributed by atoms with Crippen molar-refractivity contribution in [2.75, 3.05) is 5.32 Å². The van der Waals surface area contributed by atoms with E-state index in [0.29, 0.717) is 6.04 Å². The van der Waals surface area contributed by atoms with Gasteiger partial charge in [0, 0.05) is 6.04 Å². The Hall–Kier alpha value is -0.800. The van der Waals surface area contributed by atoms with Gasteiger partial charge in [0.25, 0.3) is 0 Å². The Bertz CT molecular complexity index is 544. The molecule has 4 heteroatoms. The molecule has 3 rings (SSSR count). The van der Waals surface area contributed by atoms with Crippen LogP contribution in [0.25, 0.3) is 10.2 Å². The molecule has 1 aromatic carbocycles. The van der Waals surface area contributed by atoms with E-state index in [1.807, 2.05) is 11.6 Å². The second-order valence-corrected chi connectivity index (χ2v) is 6.60. The van der Waals surface area contributed by atoms with E-state index in [9.17, 15) is 0 Å². The van der Waals surface area contributed by atoms with Crippen molar-refractivity contribution < 1.29 is 0 Å². The van der Waals surface area contributed by atoms with Crippen molar-refractivity contribution in [2.24, 2.45) is 0 Å². The minimum absolute atomic E-state index is 0.546. The van der Waals surface area contributed by atoms with Gasteiger partial charge < -0.3 is 5.32 Å². The highest BCUT2D eigenvalue weighted by atomic mass is 35.5. The smallest absolute Gasteiger partial charge is 0.106 e. The first kappa shape index (κ1) is 13.2. The predicted octanol–water partition coefficient (Wildman–Crippen LogP) is 5.47. The lowest BCUT2D eigenvalue weighted by molar-refractivity contribution is 0.471. The van der Waals surface area contributed by atoms with Gasteiger partial charge in [-0.2, -0.15) is 0 Å². The van der Waals surface area contributed by atoms with Crippen LogP contribution in [0.1, 0.15) is 44.9 Å². The van der Waals surface area contributed by atoms with Crippen LogP contribution in [0.4, 0.5) is 5.69 Å². The molecule has 102 valence electrons. The summed E-state index contributed by atoms with van der Waals surface area (Å²) in [6, 6.07) is 4.58. The number of aromatic nitrogens is 1. The third-order valence-corrected chi connectivity index (χ3v) is 5.01. The Morgan fingerprint density at radius 3 is 2.63 bits per heavy atom. The summed E-state index contributed by atoms with van der Waals surface area (Å²) in [6.45, 7) is 0. The lowest BCUT2D eigenvalue weighted by Crippen LogP contribution is -2.20. The van der Waals surface area contributed by atoms with Crippen LogP contribution in [0.15, 0.2) is 17.6 Å². The molecule has 0 amide bonds. The van der Waals surface area contributed by atoms with Crippen LogP contribution < -0.4 is 5.32 Å². The van der Waals surface area contributed by atoms with Crippen LogP contribution in [0.2, 0.25) is 5.02 Å². The maximum atomic E-state index is 6.35. The maximum absolute atomic E-state index is 6.35. The maximum Gasteiger partial charge on any atom is 0.106 e. The molecule has 1 heterocycles. The van der Waals surface area contributed by atoms with E-state index >= 15 is 0 Å². The highest BCUT2D eigenvalue weighted by Crippen LogP contribution is 2.34. The van der Waals surface area contributed by atoms with Gasteiger partial charge >= 0.3 is 0 Å². The summed E-state index contributed by atoms with van der Waals surface area (Å²) in [5.41, 5.74) is 3.95. The number of thiazole rings is 1. The second-order valence-electron chi connectivity index (χ2n) is 5.31. The molecule has 0 saturated heterocycles. The summed E-state index contributed by atoms with van der Waals surface area (Å²) in [5.74, 6) is 0. The summed E-state index contributed by atoms with van der Waals surface area (Å²) < 4.78 is 1.21. The molecule has 1 saturated carbocycles. The van der Waals surface area contributed by atoms with Crippen molar-refractivity contribution in [1.29, 1.82) is 0 Å². The van der Waals surface area contributed by atoms with Crippen molar-refractivity contribution in [3.8, 4) is 0 Å². The Morgan fingerprint density at radius 1 is 1.11 bits per heavy atom. The van der Waals surface area contributed by atoms with Crippen molar-refractivity contribution in [1.82, 2.24) is 4.98 Å². The molecule has 1 fully saturated rings. The monoisotopic (exact) mass is 294 g/mol. The largest absolute Gasteiger partial charge is 0.379 e. The lowest BCUT2D eigenvalue weighted by Gasteiger charge is -2.23. The molecule has 0 radical (unpaired) electrons. The van der Waals surface area contributed by atoms with Gasteiger partial charge in [0.2, 0.25) is 0 Å². The van der Waals surface area contributed by atoms with Gasteiger partial charge in [-0.25, -0.2) is 4.98 Å². The fraction of sp³-hybridized carbons (Fsp3) is 0.533. The summed E-state index contributed by atoms with van der Waals surface area (Å²) in [7, 11) is 0. The molecule has 0 spiro atoms. The molecule has 19 heavy (non-hydrogen) atoms. The average Bonchev–Trinajstić information content (AvgIpc) is 2.83. The summed E-state index contributed by atoms with van der Waals surface area (Å²) in [6.07, 6.45) is 9.27. The molecular weight excluding hydrogens is 276 g/mol. The molecule has 1 aliphatic rings. The SMILES string of the molecule is Clc1ccc2scnc2c1NC1CCCCCCC1. The van der Waals surface area contributed by atoms with Crippen LogP contribution in [0.3, 0.4) is 0 Å². The van der Waals surface area contributed by atoms with Crippen molar-refractivity contribution in [2.45, 2.75) is 51.0 Å². The van der Waals surface area contributed by atoms with E-state index in [0.717, 1.165) is 16.2 Å². The zero-order valence-corrected chi connectivity index (χ0v) is 12.6. The summed E-state index contributed by atoms with van der Waals surface area (Å²) in [4.78, 5) is 4.46. The van der Waals surface area contributed by atoms with E-state index in [1.54, 1.807) is 11.3 Å². The number of nitrogens with zero attached hydrogens (tertiary/aromatic N) is 1. The number of nitrogens with one attached hydrogen (secondary N) is 1. The van der Waals surface area contributed by atoms with Gasteiger partial charge in [-0.05, 0) is 25.0 Å². The fourth-order valence-corrected chi connectivity index (χ4v) is 3.74. The van der Waals surface area contributed by atoms with Gasteiger partial charge in [0.1, 0.15) is 5.52 Å². The van der Waals surface area contributed by atoms with E-state index in [4.69, 9.17) is 11.6 Å². The van der Waals surface area contributed by atoms with Crippen molar-refractivity contribution in [3.05, 3.63) is 22.7 Å². The molecular formula is C15H19ClN2S. The van der Waals surface area contributed by atoms with Gasteiger partial charge in [-0.3, -0.25) is 0 Å². The topological polar surface area (TPSA) is 24.9 Å². The first-order valence-corrected chi connectivity index (χ1v) is 8.38. The second kappa shape index (κ2) is 6.10. The fourth-order valence-electron chi connectivity index (χ4n) is 2.85. The van der Waals surface area contributed by atoms with Crippen molar-refractivity contribution >= 4 is 38.8 Å². The Labute approximate surface area is 123 Å². The molecule has 2 aromatic rings. The van der Waals surface area contributed by atoms with Crippen molar-refractivity contribution in [3.63, 3.8) is 0 Å². The number of benzene rings is 1. The van der Waals surface area contributed by atoms with E-state index in [-0.39, 0.29) is 0 Å². The van der Waals surface area contributed by atoms with Crippen LogP contribution in [0.5, 0.6) is 0 Å². The van der Waals surface area contributed by atoms with Crippen LogP contribution in [-0.4, -0.2) is 11.0 Å². The lowest BCUT2D eigenvalue weighted by atomic mass is 9.96. The molecule has 1 N–H and O–H groups in total. The molecule has 0 atom stereocenters. The third kappa shape index (κ3) is 3.03. The zero-order valence-electron chi connectivity index (χ0n) is 11.0. The first-order valence-electron chi connectivity index (χ1n) is 7.13. The minimum Gasteiger partial charge on any atom is -0.379 e. The number of hydrogen-bond donors (Lipinski definition) is 1. The third-order valence-electron chi connectivity index (χ3n) is 3.91. The molecule has 1 aromatic heterocycles. The number of rotatable bonds is 2. The predicted molar refractivity (Wildman–Crippen MR) is 84.4 cm³/mol. The van der Waals surface area contributed by atoms with E-state index < -0.39 is 0 Å². The van der Waals surface area contributed by atoms with E-state index in [2.05, 4.69) is 16.4 Å². The van der Waals surface area contributed by atoms with Gasteiger partial charge in [0.15, 0.2) is 0 Å². The van der Waals surface area contributed by atoms with Crippen LogP contribution in [-0.2, 0) is 0 Å². The average molecular weight is 295 g/mol. The van der Waals surface area contributed by atoms with Crippen LogP contribution >= 0.6 is 22.9 Å². The highest BCUT2D eigenvalue weighted by Gasteiger charge is 2.15. The quantitative estimate of drug-likeness (QED) is 0.794. The Kier molecular flexibility index (Phi) is 4.24. The highest BCUT2D eigenvalue weighted by molar-refractivity contribution is 7.16. The number of anilines is 1. The Morgan fingerprint density at radius 2 is 1.84 bits per heavy atom. The molecule has 0 unspecified atom stereocenters. The normalized spacial score (nSPS) is 18.2. The molecule has 1 aliphatic carbocycles. The standard InChI is InChI=1S/C15H19ClN2S/c16-12-8-9-13-15(17-10-19-13)14(12)18-11-6-4-2-1-3-5-7-11/h8-11,18H,1-7H2. The first-order chi connectivity index (χ1) is 9.34. The molecule has 0 bridgehead atoms. The van der Waals surface area contributed by atoms with Gasteiger partial charge in [-0.15, -0.1) is 11.3 Å². The summed E-state index contributed by atoms with van der Waals surface area (Å²) in [5, 5.41) is 4.45. The number of halogens is 1.